The molecule has 33 heavy (non-hydrogen) atoms. The predicted molar refractivity (Wildman–Crippen MR) is 123 cm³/mol. The standard InChI is InChI=1S/C22H22N4O6S/c1-13-10-14(26(30)31)6-7-16(13)24-18(27)11-32-19(28)8-9-25-12-23-21-20(22(25)29)15-4-2-3-5-17(15)33-21/h6-7,10,12H,2-5,8-9,11H2,1H3,(H,24,27). The maximum Gasteiger partial charge on any atom is 0.308 e. The molecule has 0 unspecified atom stereocenters. The number of hydrogen-bond acceptors (Lipinski definition) is 8. The van der Waals surface area contributed by atoms with E-state index in [2.05, 4.69) is 10.3 Å². The summed E-state index contributed by atoms with van der Waals surface area (Å²) < 4.78 is 6.42. The molecule has 0 saturated carbocycles. The summed E-state index contributed by atoms with van der Waals surface area (Å²) in [4.78, 5) is 53.7. The third-order valence-corrected chi connectivity index (χ3v) is 6.76. The Labute approximate surface area is 192 Å². The highest BCUT2D eigenvalue weighted by atomic mass is 32.1. The van der Waals surface area contributed by atoms with Gasteiger partial charge in [-0.2, -0.15) is 0 Å². The van der Waals surface area contributed by atoms with E-state index in [9.17, 15) is 24.5 Å². The molecule has 1 aromatic carbocycles. The number of nitro benzene ring substituents is 1. The molecule has 0 radical (unpaired) electrons. The Morgan fingerprint density at radius 1 is 1.30 bits per heavy atom. The lowest BCUT2D eigenvalue weighted by molar-refractivity contribution is -0.384. The monoisotopic (exact) mass is 470 g/mol. The fraction of sp³-hybridized carbons (Fsp3) is 0.364. The number of amides is 1. The fourth-order valence-electron chi connectivity index (χ4n) is 3.86. The number of aromatic nitrogens is 2. The number of carbonyl (C=O) groups excluding carboxylic acids is 2. The second-order valence-corrected chi connectivity index (χ2v) is 8.93. The first-order valence-electron chi connectivity index (χ1n) is 10.5. The number of anilines is 1. The van der Waals surface area contributed by atoms with Crippen LogP contribution < -0.4 is 10.9 Å². The topological polar surface area (TPSA) is 133 Å². The number of nitro groups is 1. The molecule has 2 aromatic heterocycles. The Kier molecular flexibility index (Phi) is 6.50. The SMILES string of the molecule is Cc1cc([N+](=O)[O-])ccc1NC(=O)COC(=O)CCn1cnc2sc3c(c2c1=O)CCCC3. The summed E-state index contributed by atoms with van der Waals surface area (Å²) in [6.07, 6.45) is 5.40. The number of carbonyl (C=O) groups is 2. The lowest BCUT2D eigenvalue weighted by Gasteiger charge is -2.11. The number of rotatable bonds is 7. The van der Waals surface area contributed by atoms with Crippen molar-refractivity contribution in [2.45, 2.75) is 45.6 Å². The van der Waals surface area contributed by atoms with Crippen LogP contribution in [0.4, 0.5) is 11.4 Å². The fourth-order valence-corrected chi connectivity index (χ4v) is 5.08. The lowest BCUT2D eigenvalue weighted by Crippen LogP contribution is -2.25. The van der Waals surface area contributed by atoms with Crippen molar-refractivity contribution in [3.05, 3.63) is 61.0 Å². The second-order valence-electron chi connectivity index (χ2n) is 7.85. The van der Waals surface area contributed by atoms with E-state index in [1.807, 2.05) is 0 Å². The molecule has 0 saturated heterocycles. The van der Waals surface area contributed by atoms with E-state index < -0.39 is 23.4 Å². The molecule has 1 aliphatic rings. The highest BCUT2D eigenvalue weighted by Gasteiger charge is 2.20. The normalized spacial score (nSPS) is 12.9. The number of nitrogens with zero attached hydrogens (tertiary/aromatic N) is 3. The number of hydrogen-bond donors (Lipinski definition) is 1. The number of aryl methyl sites for hydroxylation is 4. The van der Waals surface area contributed by atoms with Gasteiger partial charge in [0.2, 0.25) is 0 Å². The molecule has 0 atom stereocenters. The Bertz CT molecular complexity index is 1310. The highest BCUT2D eigenvalue weighted by Crippen LogP contribution is 2.33. The first-order valence-corrected chi connectivity index (χ1v) is 11.4. The third-order valence-electron chi connectivity index (χ3n) is 5.56. The first-order chi connectivity index (χ1) is 15.8. The molecule has 0 aliphatic heterocycles. The Balaban J connectivity index is 1.32. The Morgan fingerprint density at radius 3 is 2.85 bits per heavy atom. The molecule has 11 heteroatoms. The molecule has 1 amide bonds. The van der Waals surface area contributed by atoms with Crippen molar-refractivity contribution in [1.29, 1.82) is 0 Å². The van der Waals surface area contributed by atoms with E-state index in [0.717, 1.165) is 36.1 Å². The molecule has 172 valence electrons. The van der Waals surface area contributed by atoms with Gasteiger partial charge in [-0.05, 0) is 49.8 Å². The third kappa shape index (κ3) is 4.92. The smallest absolute Gasteiger partial charge is 0.308 e. The molecule has 3 aromatic rings. The minimum absolute atomic E-state index is 0.0801. The molecule has 0 bridgehead atoms. The second kappa shape index (κ2) is 9.49. The molecule has 4 rings (SSSR count). The van der Waals surface area contributed by atoms with Crippen molar-refractivity contribution >= 4 is 44.8 Å². The van der Waals surface area contributed by atoms with Crippen molar-refractivity contribution in [3.8, 4) is 0 Å². The van der Waals surface area contributed by atoms with Crippen molar-refractivity contribution in [2.75, 3.05) is 11.9 Å². The zero-order valence-electron chi connectivity index (χ0n) is 18.0. The van der Waals surface area contributed by atoms with Crippen LogP contribution in [-0.4, -0.2) is 33.0 Å². The van der Waals surface area contributed by atoms with Crippen LogP contribution in [0.1, 0.15) is 35.3 Å². The van der Waals surface area contributed by atoms with Gasteiger partial charge in [0.15, 0.2) is 6.61 Å². The van der Waals surface area contributed by atoms with Gasteiger partial charge in [-0.15, -0.1) is 11.3 Å². The largest absolute Gasteiger partial charge is 0.456 e. The van der Waals surface area contributed by atoms with Crippen LogP contribution in [0.5, 0.6) is 0 Å². The summed E-state index contributed by atoms with van der Waals surface area (Å²) >= 11 is 1.57. The molecular weight excluding hydrogens is 448 g/mol. The van der Waals surface area contributed by atoms with Crippen LogP contribution >= 0.6 is 11.3 Å². The van der Waals surface area contributed by atoms with E-state index >= 15 is 0 Å². The van der Waals surface area contributed by atoms with E-state index in [0.29, 0.717) is 16.6 Å². The molecule has 2 heterocycles. The maximum absolute atomic E-state index is 12.9. The molecule has 0 fully saturated rings. The Morgan fingerprint density at radius 2 is 2.09 bits per heavy atom. The van der Waals surface area contributed by atoms with E-state index in [1.54, 1.807) is 18.3 Å². The minimum Gasteiger partial charge on any atom is -0.456 e. The van der Waals surface area contributed by atoms with Crippen LogP contribution in [0.25, 0.3) is 10.2 Å². The molecule has 1 N–H and O–H groups in total. The van der Waals surface area contributed by atoms with Gasteiger partial charge in [0.1, 0.15) is 4.83 Å². The van der Waals surface area contributed by atoms with Crippen molar-refractivity contribution in [3.63, 3.8) is 0 Å². The number of ether oxygens (including phenoxy) is 1. The quantitative estimate of drug-likeness (QED) is 0.318. The van der Waals surface area contributed by atoms with E-state index in [4.69, 9.17) is 4.74 Å². The molecular formula is C22H22N4O6S. The average molecular weight is 471 g/mol. The molecule has 10 nitrogen and oxygen atoms in total. The lowest BCUT2D eigenvalue weighted by atomic mass is 9.97. The summed E-state index contributed by atoms with van der Waals surface area (Å²) in [5, 5.41) is 14.0. The van der Waals surface area contributed by atoms with E-state index in [-0.39, 0.29) is 24.2 Å². The minimum atomic E-state index is -0.620. The van der Waals surface area contributed by atoms with Gasteiger partial charge in [-0.25, -0.2) is 4.98 Å². The zero-order chi connectivity index (χ0) is 23.5. The molecule has 1 aliphatic carbocycles. The van der Waals surface area contributed by atoms with Crippen LogP contribution in [-0.2, 0) is 33.7 Å². The number of fused-ring (bicyclic) bond motifs is 3. The molecule has 0 spiro atoms. The summed E-state index contributed by atoms with van der Waals surface area (Å²) in [6.45, 7) is 1.23. The number of nitrogens with one attached hydrogen (secondary N) is 1. The van der Waals surface area contributed by atoms with Gasteiger partial charge in [0, 0.05) is 29.2 Å². The van der Waals surface area contributed by atoms with Crippen LogP contribution in [0.15, 0.2) is 29.3 Å². The average Bonchev–Trinajstić information content (AvgIpc) is 3.18. The van der Waals surface area contributed by atoms with Gasteiger partial charge in [-0.3, -0.25) is 29.1 Å². The van der Waals surface area contributed by atoms with E-state index in [1.165, 1.54) is 34.0 Å². The maximum atomic E-state index is 12.9. The number of non-ortho nitro benzene ring substituents is 1. The van der Waals surface area contributed by atoms with Gasteiger partial charge < -0.3 is 10.1 Å². The Hall–Kier alpha value is -3.60. The summed E-state index contributed by atoms with van der Waals surface area (Å²) in [5.74, 6) is -1.18. The van der Waals surface area contributed by atoms with Gasteiger partial charge in [0.05, 0.1) is 23.1 Å². The number of esters is 1. The zero-order valence-corrected chi connectivity index (χ0v) is 18.8. The van der Waals surface area contributed by atoms with Crippen molar-refractivity contribution in [1.82, 2.24) is 9.55 Å². The van der Waals surface area contributed by atoms with Crippen molar-refractivity contribution < 1.29 is 19.2 Å². The van der Waals surface area contributed by atoms with Gasteiger partial charge in [0.25, 0.3) is 17.2 Å². The first kappa shape index (κ1) is 22.6. The summed E-state index contributed by atoms with van der Waals surface area (Å²) in [5.41, 5.74) is 1.77. The van der Waals surface area contributed by atoms with Crippen molar-refractivity contribution in [2.24, 2.45) is 0 Å². The summed E-state index contributed by atoms with van der Waals surface area (Å²) in [6, 6.07) is 4.04. The van der Waals surface area contributed by atoms with Gasteiger partial charge >= 0.3 is 5.97 Å². The van der Waals surface area contributed by atoms with Gasteiger partial charge in [-0.1, -0.05) is 0 Å². The highest BCUT2D eigenvalue weighted by molar-refractivity contribution is 7.18. The number of thiophene rings is 1. The van der Waals surface area contributed by atoms with Crippen LogP contribution in [0.3, 0.4) is 0 Å². The van der Waals surface area contributed by atoms with Crippen LogP contribution in [0, 0.1) is 17.0 Å². The van der Waals surface area contributed by atoms with Crippen LogP contribution in [0.2, 0.25) is 0 Å². The summed E-state index contributed by atoms with van der Waals surface area (Å²) in [7, 11) is 0. The predicted octanol–water partition coefficient (Wildman–Crippen LogP) is 3.13. The number of benzene rings is 1.